The van der Waals surface area contributed by atoms with Crippen LogP contribution in [0.25, 0.3) is 22.4 Å². The summed E-state index contributed by atoms with van der Waals surface area (Å²) in [5.41, 5.74) is 2.89. The second-order valence-electron chi connectivity index (χ2n) is 6.06. The number of benzene rings is 3. The van der Waals surface area contributed by atoms with Gasteiger partial charge in [0.05, 0.1) is 26.5 Å². The molecule has 3 aromatic carbocycles. The molecule has 1 aromatic heterocycles. The molecule has 138 valence electrons. The van der Waals surface area contributed by atoms with E-state index in [0.717, 1.165) is 22.7 Å². The van der Waals surface area contributed by atoms with Gasteiger partial charge in [0.2, 0.25) is 0 Å². The van der Waals surface area contributed by atoms with E-state index in [1.165, 1.54) is 12.1 Å². The highest BCUT2D eigenvalue weighted by Crippen LogP contribution is 2.25. The number of para-hydroxylation sites is 2. The maximum Gasteiger partial charge on any atom is 0.270 e. The highest BCUT2D eigenvalue weighted by atomic mass is 35.5. The minimum atomic E-state index is -0.574. The number of nitrogens with zero attached hydrogens (tertiary/aromatic N) is 2. The number of nitro groups is 1. The van der Waals surface area contributed by atoms with Gasteiger partial charge in [-0.2, -0.15) is 0 Å². The number of H-pyrrole nitrogens is 1. The fraction of sp³-hybridized carbons (Fsp3) is 0. The average molecular weight is 393 g/mol. The fourth-order valence-electron chi connectivity index (χ4n) is 2.83. The second-order valence-corrected chi connectivity index (χ2v) is 6.47. The van der Waals surface area contributed by atoms with Crippen LogP contribution in [-0.4, -0.2) is 20.8 Å². The molecule has 4 rings (SSSR count). The first-order chi connectivity index (χ1) is 13.5. The monoisotopic (exact) mass is 392 g/mol. The Balaban J connectivity index is 1.62. The van der Waals surface area contributed by atoms with Crippen molar-refractivity contribution in [3.8, 4) is 11.4 Å². The van der Waals surface area contributed by atoms with Gasteiger partial charge in [-0.15, -0.1) is 0 Å². The Hall–Kier alpha value is -3.71. The number of nitro benzene ring substituents is 1. The summed E-state index contributed by atoms with van der Waals surface area (Å²) >= 11 is 6.04. The molecule has 0 unspecified atom stereocenters. The van der Waals surface area contributed by atoms with Crippen LogP contribution in [-0.2, 0) is 0 Å². The molecule has 0 radical (unpaired) electrons. The van der Waals surface area contributed by atoms with Crippen molar-refractivity contribution >= 4 is 39.9 Å². The van der Waals surface area contributed by atoms with Crippen molar-refractivity contribution in [3.05, 3.63) is 87.4 Å². The summed E-state index contributed by atoms with van der Waals surface area (Å²) in [6, 6.07) is 18.5. The lowest BCUT2D eigenvalue weighted by Crippen LogP contribution is -2.12. The zero-order chi connectivity index (χ0) is 19.7. The number of amides is 1. The Bertz CT molecular complexity index is 1190. The van der Waals surface area contributed by atoms with Crippen molar-refractivity contribution in [2.45, 2.75) is 0 Å². The highest BCUT2D eigenvalue weighted by molar-refractivity contribution is 6.34. The number of hydrogen-bond donors (Lipinski definition) is 2. The first-order valence-electron chi connectivity index (χ1n) is 8.32. The molecule has 1 heterocycles. The van der Waals surface area contributed by atoms with Crippen LogP contribution in [0.15, 0.2) is 66.7 Å². The largest absolute Gasteiger partial charge is 0.338 e. The van der Waals surface area contributed by atoms with Gasteiger partial charge in [-0.1, -0.05) is 35.9 Å². The number of hydrogen-bond acceptors (Lipinski definition) is 4. The molecule has 1 amide bonds. The Kier molecular flexibility index (Phi) is 4.50. The van der Waals surface area contributed by atoms with E-state index in [9.17, 15) is 14.9 Å². The third-order valence-electron chi connectivity index (χ3n) is 4.19. The fourth-order valence-corrected chi connectivity index (χ4v) is 3.04. The van der Waals surface area contributed by atoms with Gasteiger partial charge in [-0.05, 0) is 30.3 Å². The van der Waals surface area contributed by atoms with E-state index in [2.05, 4.69) is 15.3 Å². The quantitative estimate of drug-likeness (QED) is 0.375. The minimum absolute atomic E-state index is 0.0324. The number of imidazole rings is 1. The normalized spacial score (nSPS) is 10.8. The van der Waals surface area contributed by atoms with E-state index < -0.39 is 10.8 Å². The van der Waals surface area contributed by atoms with E-state index >= 15 is 0 Å². The Labute approximate surface area is 164 Å². The number of nitrogens with one attached hydrogen (secondary N) is 2. The van der Waals surface area contributed by atoms with Crippen LogP contribution >= 0.6 is 11.6 Å². The summed E-state index contributed by atoms with van der Waals surface area (Å²) < 4.78 is 0. The molecule has 8 heteroatoms. The number of anilines is 1. The SMILES string of the molecule is O=C(Nc1cccc(-c2nc3ccccc3[nH]2)c1)c1cc([N+](=O)[O-])ccc1Cl. The maximum atomic E-state index is 12.6. The first-order valence-corrected chi connectivity index (χ1v) is 8.69. The Morgan fingerprint density at radius 1 is 1.07 bits per heavy atom. The van der Waals surface area contributed by atoms with Crippen LogP contribution in [0.5, 0.6) is 0 Å². The van der Waals surface area contributed by atoms with Gasteiger partial charge in [0.1, 0.15) is 5.82 Å². The van der Waals surface area contributed by atoms with Crippen molar-refractivity contribution < 1.29 is 9.72 Å². The number of aromatic nitrogens is 2. The molecular formula is C20H13ClN4O3. The van der Waals surface area contributed by atoms with Crippen LogP contribution in [0.3, 0.4) is 0 Å². The average Bonchev–Trinajstić information content (AvgIpc) is 3.12. The molecule has 0 fully saturated rings. The predicted molar refractivity (Wildman–Crippen MR) is 108 cm³/mol. The zero-order valence-corrected chi connectivity index (χ0v) is 15.1. The van der Waals surface area contributed by atoms with Crippen LogP contribution in [0, 0.1) is 10.1 Å². The molecule has 0 aliphatic carbocycles. The Morgan fingerprint density at radius 3 is 2.68 bits per heavy atom. The van der Waals surface area contributed by atoms with Crippen molar-refractivity contribution in [2.75, 3.05) is 5.32 Å². The summed E-state index contributed by atoms with van der Waals surface area (Å²) in [7, 11) is 0. The molecular weight excluding hydrogens is 380 g/mol. The lowest BCUT2D eigenvalue weighted by Gasteiger charge is -2.08. The molecule has 0 aliphatic rings. The van der Waals surface area contributed by atoms with E-state index in [-0.39, 0.29) is 16.3 Å². The summed E-state index contributed by atoms with van der Waals surface area (Å²) in [4.78, 5) is 30.7. The van der Waals surface area contributed by atoms with Gasteiger partial charge in [0.25, 0.3) is 11.6 Å². The summed E-state index contributed by atoms with van der Waals surface area (Å²) in [5, 5.41) is 13.8. The third kappa shape index (κ3) is 3.43. The van der Waals surface area contributed by atoms with E-state index in [1.54, 1.807) is 18.2 Å². The van der Waals surface area contributed by atoms with Crippen molar-refractivity contribution in [1.82, 2.24) is 9.97 Å². The molecule has 0 bridgehead atoms. The van der Waals surface area contributed by atoms with Crippen LogP contribution in [0.2, 0.25) is 5.02 Å². The number of fused-ring (bicyclic) bond motifs is 1. The third-order valence-corrected chi connectivity index (χ3v) is 4.52. The molecule has 0 saturated carbocycles. The number of rotatable bonds is 4. The molecule has 4 aromatic rings. The number of halogens is 1. The topological polar surface area (TPSA) is 101 Å². The van der Waals surface area contributed by atoms with Gasteiger partial charge in [0, 0.05) is 23.4 Å². The first kappa shape index (κ1) is 17.7. The number of aromatic amines is 1. The second kappa shape index (κ2) is 7.13. The van der Waals surface area contributed by atoms with Crippen LogP contribution < -0.4 is 5.32 Å². The lowest BCUT2D eigenvalue weighted by atomic mass is 10.1. The van der Waals surface area contributed by atoms with E-state index in [1.807, 2.05) is 30.3 Å². The number of non-ortho nitro benzene ring substituents is 1. The number of carbonyl (C=O) groups is 1. The summed E-state index contributed by atoms with van der Waals surface area (Å²) in [5.74, 6) is 0.140. The minimum Gasteiger partial charge on any atom is -0.338 e. The van der Waals surface area contributed by atoms with E-state index in [4.69, 9.17) is 11.6 Å². The van der Waals surface area contributed by atoms with Gasteiger partial charge >= 0.3 is 0 Å². The standard InChI is InChI=1S/C20H13ClN4O3/c21-16-9-8-14(25(27)28)11-15(16)20(26)22-13-5-3-4-12(10-13)19-23-17-6-1-2-7-18(17)24-19/h1-11H,(H,22,26)(H,23,24). The van der Waals surface area contributed by atoms with Gasteiger partial charge in [0.15, 0.2) is 0 Å². The Morgan fingerprint density at radius 2 is 1.89 bits per heavy atom. The molecule has 7 nitrogen and oxygen atoms in total. The van der Waals surface area contributed by atoms with Gasteiger partial charge < -0.3 is 10.3 Å². The van der Waals surface area contributed by atoms with E-state index in [0.29, 0.717) is 11.5 Å². The van der Waals surface area contributed by atoms with Gasteiger partial charge in [-0.3, -0.25) is 14.9 Å². The predicted octanol–water partition coefficient (Wildman–Crippen LogP) is 5.04. The highest BCUT2D eigenvalue weighted by Gasteiger charge is 2.16. The number of carbonyl (C=O) groups excluding carboxylic acids is 1. The lowest BCUT2D eigenvalue weighted by molar-refractivity contribution is -0.384. The van der Waals surface area contributed by atoms with Crippen LogP contribution in [0.1, 0.15) is 10.4 Å². The zero-order valence-electron chi connectivity index (χ0n) is 14.3. The maximum absolute atomic E-state index is 12.6. The van der Waals surface area contributed by atoms with Crippen LogP contribution in [0.4, 0.5) is 11.4 Å². The molecule has 28 heavy (non-hydrogen) atoms. The smallest absolute Gasteiger partial charge is 0.270 e. The summed E-state index contributed by atoms with van der Waals surface area (Å²) in [6.45, 7) is 0. The molecule has 0 spiro atoms. The summed E-state index contributed by atoms with van der Waals surface area (Å²) in [6.07, 6.45) is 0. The van der Waals surface area contributed by atoms with Crippen molar-refractivity contribution in [3.63, 3.8) is 0 Å². The molecule has 0 atom stereocenters. The van der Waals surface area contributed by atoms with Gasteiger partial charge in [-0.25, -0.2) is 4.98 Å². The molecule has 0 saturated heterocycles. The molecule has 0 aliphatic heterocycles. The van der Waals surface area contributed by atoms with Crippen molar-refractivity contribution in [2.24, 2.45) is 0 Å². The van der Waals surface area contributed by atoms with Crippen molar-refractivity contribution in [1.29, 1.82) is 0 Å². The molecule has 2 N–H and O–H groups in total.